The summed E-state index contributed by atoms with van der Waals surface area (Å²) in [5.74, 6) is 0. The van der Waals surface area contributed by atoms with Crippen molar-refractivity contribution in [3.8, 4) is 0 Å². The summed E-state index contributed by atoms with van der Waals surface area (Å²) < 4.78 is 0. The highest BCUT2D eigenvalue weighted by Gasteiger charge is 2.15. The van der Waals surface area contributed by atoms with E-state index in [1.165, 1.54) is 16.7 Å². The lowest BCUT2D eigenvalue weighted by molar-refractivity contribution is 1.04. The van der Waals surface area contributed by atoms with Gasteiger partial charge in [-0.2, -0.15) is 10.2 Å². The summed E-state index contributed by atoms with van der Waals surface area (Å²) in [6, 6.07) is 14.7. The van der Waals surface area contributed by atoms with E-state index in [0.717, 1.165) is 29.1 Å². The third-order valence-electron chi connectivity index (χ3n) is 4.00. The molecule has 0 atom stereocenters. The number of rotatable bonds is 2. The summed E-state index contributed by atoms with van der Waals surface area (Å²) in [6.07, 6.45) is 3.08. The Hall–Kier alpha value is -2.55. The quantitative estimate of drug-likeness (QED) is 0.752. The van der Waals surface area contributed by atoms with Crippen LogP contribution in [-0.2, 0) is 6.54 Å². The van der Waals surface area contributed by atoms with Crippen molar-refractivity contribution in [2.24, 2.45) is 15.2 Å². The predicted octanol–water partition coefficient (Wildman–Crippen LogP) is 4.83. The van der Waals surface area contributed by atoms with Crippen LogP contribution < -0.4 is 0 Å². The highest BCUT2D eigenvalue weighted by Crippen LogP contribution is 2.32. The Morgan fingerprint density at radius 3 is 2.86 bits per heavy atom. The van der Waals surface area contributed by atoms with Gasteiger partial charge in [-0.1, -0.05) is 42.5 Å². The number of hydrogen-bond acceptors (Lipinski definition) is 3. The fraction of sp³-hybridized carbons (Fsp3) is 0.167. The van der Waals surface area contributed by atoms with Gasteiger partial charge in [0.2, 0.25) is 0 Å². The fourth-order valence-electron chi connectivity index (χ4n) is 2.82. The van der Waals surface area contributed by atoms with Crippen LogP contribution in [0.4, 0.5) is 5.69 Å². The Morgan fingerprint density at radius 1 is 1.05 bits per heavy atom. The molecule has 0 unspecified atom stereocenters. The SMILES string of the molecule is Cc1ccccc1C1=NC(c2ccc3c(c2)N=NC3)=CC1. The number of fused-ring (bicyclic) bond motifs is 1. The fourth-order valence-corrected chi connectivity index (χ4v) is 2.82. The van der Waals surface area contributed by atoms with Gasteiger partial charge in [0.1, 0.15) is 0 Å². The number of allylic oxidation sites excluding steroid dienone is 1. The maximum Gasteiger partial charge on any atom is 0.0910 e. The normalized spacial score (nSPS) is 15.9. The number of aliphatic imine (C=N–C) groups is 1. The van der Waals surface area contributed by atoms with Crippen molar-refractivity contribution in [3.63, 3.8) is 0 Å². The van der Waals surface area contributed by atoms with Crippen LogP contribution in [-0.4, -0.2) is 5.71 Å². The molecule has 0 N–H and O–H groups in total. The molecule has 0 aromatic heterocycles. The summed E-state index contributed by atoms with van der Waals surface area (Å²) in [7, 11) is 0. The monoisotopic (exact) mass is 273 g/mol. The summed E-state index contributed by atoms with van der Waals surface area (Å²) in [5, 5.41) is 8.23. The van der Waals surface area contributed by atoms with E-state index in [1.807, 2.05) is 0 Å². The van der Waals surface area contributed by atoms with E-state index in [1.54, 1.807) is 0 Å². The maximum atomic E-state index is 4.82. The molecular formula is C18H15N3. The first-order chi connectivity index (χ1) is 10.3. The van der Waals surface area contributed by atoms with Crippen LogP contribution in [0.15, 0.2) is 63.8 Å². The first-order valence-electron chi connectivity index (χ1n) is 7.16. The topological polar surface area (TPSA) is 37.1 Å². The number of hydrogen-bond donors (Lipinski definition) is 0. The second kappa shape index (κ2) is 4.77. The molecule has 0 spiro atoms. The highest BCUT2D eigenvalue weighted by atomic mass is 15.1. The standard InChI is InChI=1S/C18H15N3/c1-12-4-2-3-5-15(12)17-9-8-16(20-17)13-6-7-14-11-19-21-18(14)10-13/h2-8,10H,9,11H2,1H3. The van der Waals surface area contributed by atoms with E-state index in [9.17, 15) is 0 Å². The zero-order valence-electron chi connectivity index (χ0n) is 11.9. The lowest BCUT2D eigenvalue weighted by Gasteiger charge is -2.05. The minimum Gasteiger partial charge on any atom is -0.252 e. The second-order valence-corrected chi connectivity index (χ2v) is 5.41. The lowest BCUT2D eigenvalue weighted by Crippen LogP contribution is -1.98. The van der Waals surface area contributed by atoms with E-state index in [2.05, 4.69) is 65.7 Å². The van der Waals surface area contributed by atoms with Gasteiger partial charge in [-0.3, -0.25) is 4.99 Å². The number of azo groups is 1. The van der Waals surface area contributed by atoms with E-state index in [4.69, 9.17) is 4.99 Å². The largest absolute Gasteiger partial charge is 0.252 e. The zero-order valence-corrected chi connectivity index (χ0v) is 11.9. The molecular weight excluding hydrogens is 258 g/mol. The molecule has 21 heavy (non-hydrogen) atoms. The molecule has 2 aromatic rings. The van der Waals surface area contributed by atoms with Crippen LogP contribution in [0.3, 0.4) is 0 Å². The number of aryl methyl sites for hydroxylation is 1. The summed E-state index contributed by atoms with van der Waals surface area (Å²) >= 11 is 0. The minimum atomic E-state index is 0.701. The van der Waals surface area contributed by atoms with Crippen LogP contribution in [0.25, 0.3) is 5.70 Å². The van der Waals surface area contributed by atoms with Crippen LogP contribution in [0, 0.1) is 6.92 Å². The van der Waals surface area contributed by atoms with Gasteiger partial charge >= 0.3 is 0 Å². The molecule has 2 heterocycles. The molecule has 0 radical (unpaired) electrons. The molecule has 3 nitrogen and oxygen atoms in total. The minimum absolute atomic E-state index is 0.701. The molecule has 102 valence electrons. The summed E-state index contributed by atoms with van der Waals surface area (Å²) in [5.41, 5.74) is 7.99. The van der Waals surface area contributed by atoms with Crippen molar-refractivity contribution in [1.29, 1.82) is 0 Å². The van der Waals surface area contributed by atoms with Gasteiger partial charge < -0.3 is 0 Å². The van der Waals surface area contributed by atoms with E-state index in [0.29, 0.717) is 6.54 Å². The molecule has 0 amide bonds. The number of benzene rings is 2. The van der Waals surface area contributed by atoms with Crippen LogP contribution >= 0.6 is 0 Å². The molecule has 3 heteroatoms. The summed E-state index contributed by atoms with van der Waals surface area (Å²) in [6.45, 7) is 2.83. The third-order valence-corrected chi connectivity index (χ3v) is 4.00. The van der Waals surface area contributed by atoms with Crippen molar-refractivity contribution in [2.75, 3.05) is 0 Å². The molecule has 0 bridgehead atoms. The first-order valence-corrected chi connectivity index (χ1v) is 7.16. The van der Waals surface area contributed by atoms with Crippen molar-refractivity contribution in [3.05, 3.63) is 70.8 Å². The molecule has 0 aliphatic carbocycles. The average Bonchev–Trinajstić information content (AvgIpc) is 3.16. The van der Waals surface area contributed by atoms with Crippen LogP contribution in [0.2, 0.25) is 0 Å². The molecule has 0 fully saturated rings. The second-order valence-electron chi connectivity index (χ2n) is 5.41. The van der Waals surface area contributed by atoms with Crippen molar-refractivity contribution >= 4 is 17.1 Å². The van der Waals surface area contributed by atoms with Gasteiger partial charge in [-0.05, 0) is 24.1 Å². The number of nitrogens with zero attached hydrogens (tertiary/aromatic N) is 3. The van der Waals surface area contributed by atoms with Gasteiger partial charge in [0, 0.05) is 17.5 Å². The molecule has 0 saturated heterocycles. The molecule has 2 aliphatic heterocycles. The first kappa shape index (κ1) is 12.2. The van der Waals surface area contributed by atoms with Crippen molar-refractivity contribution in [2.45, 2.75) is 19.9 Å². The Morgan fingerprint density at radius 2 is 1.95 bits per heavy atom. The maximum absolute atomic E-state index is 4.82. The summed E-state index contributed by atoms with van der Waals surface area (Å²) in [4.78, 5) is 4.82. The van der Waals surface area contributed by atoms with Crippen LogP contribution in [0.1, 0.15) is 28.7 Å². The van der Waals surface area contributed by atoms with Gasteiger partial charge in [0.25, 0.3) is 0 Å². The third kappa shape index (κ3) is 2.11. The van der Waals surface area contributed by atoms with Gasteiger partial charge in [-0.15, -0.1) is 0 Å². The van der Waals surface area contributed by atoms with E-state index < -0.39 is 0 Å². The van der Waals surface area contributed by atoms with E-state index in [-0.39, 0.29) is 0 Å². The molecule has 4 rings (SSSR count). The van der Waals surface area contributed by atoms with Crippen molar-refractivity contribution in [1.82, 2.24) is 0 Å². The smallest absolute Gasteiger partial charge is 0.0910 e. The molecule has 2 aromatic carbocycles. The Bertz CT molecular complexity index is 813. The van der Waals surface area contributed by atoms with E-state index >= 15 is 0 Å². The lowest BCUT2D eigenvalue weighted by atomic mass is 10.0. The Labute approximate surface area is 123 Å². The average molecular weight is 273 g/mol. The van der Waals surface area contributed by atoms with Crippen molar-refractivity contribution < 1.29 is 0 Å². The predicted molar refractivity (Wildman–Crippen MR) is 85.0 cm³/mol. The molecule has 0 saturated carbocycles. The highest BCUT2D eigenvalue weighted by molar-refractivity contribution is 6.08. The van der Waals surface area contributed by atoms with Gasteiger partial charge in [0.05, 0.1) is 23.6 Å². The van der Waals surface area contributed by atoms with Gasteiger partial charge in [0.15, 0.2) is 0 Å². The van der Waals surface area contributed by atoms with Crippen LogP contribution in [0.5, 0.6) is 0 Å². The van der Waals surface area contributed by atoms with Gasteiger partial charge in [-0.25, -0.2) is 0 Å². The Kier molecular flexibility index (Phi) is 2.78. The zero-order chi connectivity index (χ0) is 14.2. The Balaban J connectivity index is 1.69. The molecule has 2 aliphatic rings.